The fourth-order valence-corrected chi connectivity index (χ4v) is 1.93. The molecule has 1 rings (SSSR count). The van der Waals surface area contributed by atoms with Gasteiger partial charge in [0.25, 0.3) is 0 Å². The Morgan fingerprint density at radius 1 is 1.46 bits per heavy atom. The van der Waals surface area contributed by atoms with Gasteiger partial charge in [0.1, 0.15) is 0 Å². The summed E-state index contributed by atoms with van der Waals surface area (Å²) in [6.07, 6.45) is 3.55. The molecule has 0 aromatic heterocycles. The maximum Gasteiger partial charge on any atom is 0.0474 e. The molecule has 0 radical (unpaired) electrons. The molecule has 0 spiro atoms. The summed E-state index contributed by atoms with van der Waals surface area (Å²) in [6, 6.07) is 1.09. The molecule has 3 heteroatoms. The number of nitrogens with two attached hydrogens (primary N) is 1. The predicted octanol–water partition coefficient (Wildman–Crippen LogP) is 0.834. The Morgan fingerprint density at radius 3 is 2.92 bits per heavy atom. The van der Waals surface area contributed by atoms with Gasteiger partial charge in [-0.3, -0.25) is 4.90 Å². The molecule has 0 amide bonds. The van der Waals surface area contributed by atoms with Crippen molar-refractivity contribution in [3.05, 3.63) is 0 Å². The van der Waals surface area contributed by atoms with E-state index in [9.17, 15) is 0 Å². The number of likely N-dealkylation sites (tertiary alicyclic amines) is 1. The summed E-state index contributed by atoms with van der Waals surface area (Å²) in [5, 5.41) is 0. The van der Waals surface area contributed by atoms with Crippen LogP contribution in [0.4, 0.5) is 0 Å². The zero-order valence-corrected chi connectivity index (χ0v) is 8.83. The monoisotopic (exact) mass is 186 g/mol. The van der Waals surface area contributed by atoms with Gasteiger partial charge < -0.3 is 10.5 Å². The van der Waals surface area contributed by atoms with Gasteiger partial charge in [0.2, 0.25) is 0 Å². The van der Waals surface area contributed by atoms with Crippen LogP contribution in [-0.4, -0.2) is 43.8 Å². The van der Waals surface area contributed by atoms with Crippen molar-refractivity contribution in [3.8, 4) is 0 Å². The molecule has 0 aromatic rings. The van der Waals surface area contributed by atoms with Crippen LogP contribution in [0.25, 0.3) is 0 Å². The molecule has 1 aliphatic rings. The maximum atomic E-state index is 5.92. The van der Waals surface area contributed by atoms with E-state index in [1.165, 1.54) is 12.8 Å². The van der Waals surface area contributed by atoms with Crippen LogP contribution in [0.2, 0.25) is 0 Å². The number of hydrogen-bond donors (Lipinski definition) is 1. The maximum absolute atomic E-state index is 5.92. The minimum absolute atomic E-state index is 0.388. The topological polar surface area (TPSA) is 38.5 Å². The van der Waals surface area contributed by atoms with Crippen molar-refractivity contribution in [1.29, 1.82) is 0 Å². The van der Waals surface area contributed by atoms with Gasteiger partial charge in [-0.15, -0.1) is 0 Å². The van der Waals surface area contributed by atoms with E-state index >= 15 is 0 Å². The molecule has 2 atom stereocenters. The van der Waals surface area contributed by atoms with E-state index in [1.807, 2.05) is 0 Å². The lowest BCUT2D eigenvalue weighted by Crippen LogP contribution is -2.47. The molecule has 0 aliphatic carbocycles. The van der Waals surface area contributed by atoms with Gasteiger partial charge in [-0.05, 0) is 26.2 Å². The third-order valence-electron chi connectivity index (χ3n) is 2.84. The van der Waals surface area contributed by atoms with Gasteiger partial charge in [-0.2, -0.15) is 0 Å². The summed E-state index contributed by atoms with van der Waals surface area (Å²) in [5.41, 5.74) is 5.92. The minimum atomic E-state index is 0.388. The van der Waals surface area contributed by atoms with Crippen molar-refractivity contribution < 1.29 is 4.74 Å². The van der Waals surface area contributed by atoms with Crippen LogP contribution in [-0.2, 0) is 4.74 Å². The summed E-state index contributed by atoms with van der Waals surface area (Å²) in [6.45, 7) is 5.34. The second-order valence-corrected chi connectivity index (χ2v) is 4.03. The van der Waals surface area contributed by atoms with Gasteiger partial charge >= 0.3 is 0 Å². The number of piperidine rings is 1. The first-order chi connectivity index (χ1) is 6.24. The van der Waals surface area contributed by atoms with Crippen LogP contribution in [0.5, 0.6) is 0 Å². The fraction of sp³-hybridized carbons (Fsp3) is 1.00. The normalized spacial score (nSPS) is 30.7. The summed E-state index contributed by atoms with van der Waals surface area (Å²) < 4.78 is 5.04. The second-order valence-electron chi connectivity index (χ2n) is 4.03. The molecule has 1 aliphatic heterocycles. The Kier molecular flexibility index (Phi) is 4.70. The highest BCUT2D eigenvalue weighted by Crippen LogP contribution is 2.15. The molecule has 78 valence electrons. The molecule has 2 N–H and O–H groups in total. The van der Waals surface area contributed by atoms with E-state index in [-0.39, 0.29) is 0 Å². The molecule has 0 bridgehead atoms. The first kappa shape index (κ1) is 11.0. The zero-order chi connectivity index (χ0) is 9.68. The SMILES string of the molecule is COCCCN1CC(N)CCC1C. The lowest BCUT2D eigenvalue weighted by atomic mass is 10.00. The average molecular weight is 186 g/mol. The van der Waals surface area contributed by atoms with Crippen molar-refractivity contribution in [2.75, 3.05) is 26.8 Å². The third kappa shape index (κ3) is 3.63. The second kappa shape index (κ2) is 5.58. The van der Waals surface area contributed by atoms with Crippen molar-refractivity contribution in [2.24, 2.45) is 5.73 Å². The number of nitrogens with zero attached hydrogens (tertiary/aromatic N) is 1. The number of methoxy groups -OCH3 is 1. The standard InChI is InChI=1S/C10H22N2O/c1-9-4-5-10(11)8-12(9)6-3-7-13-2/h9-10H,3-8,11H2,1-2H3. The molecule has 2 unspecified atom stereocenters. The van der Waals surface area contributed by atoms with E-state index in [1.54, 1.807) is 7.11 Å². The lowest BCUT2D eigenvalue weighted by Gasteiger charge is -2.36. The first-order valence-electron chi connectivity index (χ1n) is 5.22. The van der Waals surface area contributed by atoms with E-state index in [0.29, 0.717) is 12.1 Å². The molecule has 0 aromatic carbocycles. The van der Waals surface area contributed by atoms with Crippen molar-refractivity contribution in [1.82, 2.24) is 4.90 Å². The van der Waals surface area contributed by atoms with E-state index in [0.717, 1.165) is 26.1 Å². The Labute approximate surface area is 81.2 Å². The number of rotatable bonds is 4. The van der Waals surface area contributed by atoms with Crippen LogP contribution in [0, 0.1) is 0 Å². The molecule has 0 saturated carbocycles. The highest BCUT2D eigenvalue weighted by molar-refractivity contribution is 4.80. The highest BCUT2D eigenvalue weighted by atomic mass is 16.5. The average Bonchev–Trinajstić information content (AvgIpc) is 2.11. The third-order valence-corrected chi connectivity index (χ3v) is 2.84. The van der Waals surface area contributed by atoms with E-state index < -0.39 is 0 Å². The van der Waals surface area contributed by atoms with Crippen molar-refractivity contribution in [3.63, 3.8) is 0 Å². The van der Waals surface area contributed by atoms with Gasteiger partial charge in [0.05, 0.1) is 0 Å². The Morgan fingerprint density at radius 2 is 2.23 bits per heavy atom. The molecule has 1 heterocycles. The van der Waals surface area contributed by atoms with Gasteiger partial charge in [0.15, 0.2) is 0 Å². The van der Waals surface area contributed by atoms with E-state index in [4.69, 9.17) is 10.5 Å². The van der Waals surface area contributed by atoms with Crippen LogP contribution in [0.1, 0.15) is 26.2 Å². The highest BCUT2D eigenvalue weighted by Gasteiger charge is 2.22. The minimum Gasteiger partial charge on any atom is -0.385 e. The van der Waals surface area contributed by atoms with Crippen LogP contribution in [0.15, 0.2) is 0 Å². The van der Waals surface area contributed by atoms with E-state index in [2.05, 4.69) is 11.8 Å². The Balaban J connectivity index is 2.21. The zero-order valence-electron chi connectivity index (χ0n) is 8.83. The van der Waals surface area contributed by atoms with Gasteiger partial charge in [0, 0.05) is 38.9 Å². The smallest absolute Gasteiger partial charge is 0.0474 e. The summed E-state index contributed by atoms with van der Waals surface area (Å²) in [4.78, 5) is 2.48. The van der Waals surface area contributed by atoms with Gasteiger partial charge in [-0.25, -0.2) is 0 Å². The molecule has 1 saturated heterocycles. The molecule has 13 heavy (non-hydrogen) atoms. The summed E-state index contributed by atoms with van der Waals surface area (Å²) in [7, 11) is 1.76. The molecular formula is C10H22N2O. The van der Waals surface area contributed by atoms with Crippen LogP contribution in [0.3, 0.4) is 0 Å². The van der Waals surface area contributed by atoms with Gasteiger partial charge in [-0.1, -0.05) is 0 Å². The first-order valence-corrected chi connectivity index (χ1v) is 5.22. The largest absolute Gasteiger partial charge is 0.385 e. The predicted molar refractivity (Wildman–Crippen MR) is 54.7 cm³/mol. The summed E-state index contributed by atoms with van der Waals surface area (Å²) in [5.74, 6) is 0. The van der Waals surface area contributed by atoms with Crippen molar-refractivity contribution >= 4 is 0 Å². The quantitative estimate of drug-likeness (QED) is 0.661. The Hall–Kier alpha value is -0.120. The molecule has 3 nitrogen and oxygen atoms in total. The Bertz CT molecular complexity index is 141. The lowest BCUT2D eigenvalue weighted by molar-refractivity contribution is 0.121. The molecule has 1 fully saturated rings. The summed E-state index contributed by atoms with van der Waals surface area (Å²) >= 11 is 0. The van der Waals surface area contributed by atoms with Crippen LogP contribution >= 0.6 is 0 Å². The van der Waals surface area contributed by atoms with Crippen molar-refractivity contribution in [2.45, 2.75) is 38.3 Å². The number of hydrogen-bond acceptors (Lipinski definition) is 3. The van der Waals surface area contributed by atoms with Crippen LogP contribution < -0.4 is 5.73 Å². The number of ether oxygens (including phenoxy) is 1. The fourth-order valence-electron chi connectivity index (χ4n) is 1.93. The molecular weight excluding hydrogens is 164 g/mol.